The molecule has 0 atom stereocenters. The Hall–Kier alpha value is -3.77. The number of benzene rings is 3. The number of hydrogen-bond donors (Lipinski definition) is 2. The minimum atomic E-state index is -3.79. The Morgan fingerprint density at radius 3 is 2.35 bits per heavy atom. The van der Waals surface area contributed by atoms with Crippen LogP contribution in [0.15, 0.2) is 71.6 Å². The second-order valence-electron chi connectivity index (χ2n) is 8.52. The van der Waals surface area contributed by atoms with E-state index in [0.717, 1.165) is 11.8 Å². The fourth-order valence-electron chi connectivity index (χ4n) is 3.77. The molecule has 1 aliphatic rings. The third-order valence-corrected chi connectivity index (χ3v) is 8.12. The van der Waals surface area contributed by atoms with Crippen LogP contribution in [0.4, 0.5) is 17.1 Å². The van der Waals surface area contributed by atoms with E-state index >= 15 is 0 Å². The molecule has 0 saturated heterocycles. The first-order valence-corrected chi connectivity index (χ1v) is 14.7. The Morgan fingerprint density at radius 1 is 0.919 bits per heavy atom. The van der Waals surface area contributed by atoms with Crippen molar-refractivity contribution in [2.45, 2.75) is 24.7 Å². The van der Waals surface area contributed by atoms with E-state index in [-0.39, 0.29) is 37.0 Å². The minimum absolute atomic E-state index is 0.0551. The van der Waals surface area contributed by atoms with Crippen LogP contribution in [0.25, 0.3) is 0 Å². The Morgan fingerprint density at radius 2 is 1.65 bits per heavy atom. The molecule has 37 heavy (non-hydrogen) atoms. The lowest BCUT2D eigenvalue weighted by Crippen LogP contribution is -2.31. The van der Waals surface area contributed by atoms with Gasteiger partial charge >= 0.3 is 0 Å². The molecule has 0 radical (unpaired) electrons. The van der Waals surface area contributed by atoms with Gasteiger partial charge in [0.25, 0.3) is 10.0 Å². The van der Waals surface area contributed by atoms with Gasteiger partial charge in [0.05, 0.1) is 16.8 Å². The molecule has 3 aromatic rings. The Bertz CT molecular complexity index is 1510. The first-order chi connectivity index (χ1) is 17.5. The Labute approximate surface area is 216 Å². The standard InChI is InChI=1S/C25H27N3O7S2/c1-18-5-3-6-20(15-18)27-37(32,33)22-11-8-19(9-12-22)26-25(29)7-4-14-28(36(2,30)31)21-10-13-23-24(16-21)35-17-34-23/h3,5-6,8-13,15-16,27H,4,7,14,17H2,1-2H3,(H,26,29). The number of rotatable bonds is 10. The molecule has 1 aliphatic heterocycles. The summed E-state index contributed by atoms with van der Waals surface area (Å²) < 4.78 is 64.3. The molecule has 0 unspecified atom stereocenters. The highest BCUT2D eigenvalue weighted by atomic mass is 32.2. The topological polar surface area (TPSA) is 131 Å². The number of fused-ring (bicyclic) bond motifs is 1. The molecular formula is C25H27N3O7S2. The average molecular weight is 546 g/mol. The molecule has 3 aromatic carbocycles. The van der Waals surface area contributed by atoms with Gasteiger partial charge in [-0.3, -0.25) is 13.8 Å². The Balaban J connectivity index is 1.33. The number of anilines is 3. The van der Waals surface area contributed by atoms with E-state index in [9.17, 15) is 21.6 Å². The van der Waals surface area contributed by atoms with Crippen molar-refractivity contribution in [3.63, 3.8) is 0 Å². The second kappa shape index (κ2) is 10.7. The van der Waals surface area contributed by atoms with E-state index in [1.807, 2.05) is 13.0 Å². The number of aryl methyl sites for hydroxylation is 1. The smallest absolute Gasteiger partial charge is 0.261 e. The van der Waals surface area contributed by atoms with Crippen molar-refractivity contribution in [2.24, 2.45) is 0 Å². The van der Waals surface area contributed by atoms with Gasteiger partial charge in [-0.1, -0.05) is 12.1 Å². The van der Waals surface area contributed by atoms with Crippen molar-refractivity contribution in [1.29, 1.82) is 0 Å². The molecule has 1 heterocycles. The van der Waals surface area contributed by atoms with Crippen LogP contribution in [0, 0.1) is 6.92 Å². The molecule has 1 amide bonds. The van der Waals surface area contributed by atoms with Crippen LogP contribution in [0.1, 0.15) is 18.4 Å². The van der Waals surface area contributed by atoms with E-state index in [0.29, 0.717) is 28.6 Å². The number of carbonyl (C=O) groups excluding carboxylic acids is 1. The third kappa shape index (κ3) is 6.71. The highest BCUT2D eigenvalue weighted by Crippen LogP contribution is 2.36. The van der Waals surface area contributed by atoms with Crippen LogP contribution in [-0.2, 0) is 24.8 Å². The maximum Gasteiger partial charge on any atom is 0.261 e. The highest BCUT2D eigenvalue weighted by Gasteiger charge is 2.22. The maximum atomic E-state index is 12.6. The molecule has 0 spiro atoms. The summed E-state index contributed by atoms with van der Waals surface area (Å²) >= 11 is 0. The third-order valence-electron chi connectivity index (χ3n) is 5.53. The molecular weight excluding hydrogens is 518 g/mol. The molecule has 2 N–H and O–H groups in total. The van der Waals surface area contributed by atoms with Crippen molar-refractivity contribution in [3.05, 3.63) is 72.3 Å². The molecule has 12 heteroatoms. The maximum absolute atomic E-state index is 12.6. The van der Waals surface area contributed by atoms with Crippen molar-refractivity contribution < 1.29 is 31.1 Å². The number of sulfonamides is 2. The largest absolute Gasteiger partial charge is 0.454 e. The van der Waals surface area contributed by atoms with Gasteiger partial charge in [-0.05, 0) is 67.4 Å². The summed E-state index contributed by atoms with van der Waals surface area (Å²) in [5, 5.41) is 2.71. The number of carbonyl (C=O) groups is 1. The van der Waals surface area contributed by atoms with Crippen LogP contribution in [0.3, 0.4) is 0 Å². The average Bonchev–Trinajstić information content (AvgIpc) is 3.29. The van der Waals surface area contributed by atoms with Crippen LogP contribution in [0.2, 0.25) is 0 Å². The van der Waals surface area contributed by atoms with Gasteiger partial charge in [-0.25, -0.2) is 16.8 Å². The number of hydrogen-bond acceptors (Lipinski definition) is 7. The SMILES string of the molecule is Cc1cccc(NS(=O)(=O)c2ccc(NC(=O)CCCN(c3ccc4c(c3)OCO4)S(C)(=O)=O)cc2)c1. The van der Waals surface area contributed by atoms with Crippen LogP contribution in [-0.4, -0.2) is 42.3 Å². The zero-order valence-electron chi connectivity index (χ0n) is 20.3. The summed E-state index contributed by atoms with van der Waals surface area (Å²) in [5.41, 5.74) is 2.23. The van der Waals surface area contributed by atoms with Gasteiger partial charge in [-0.15, -0.1) is 0 Å². The van der Waals surface area contributed by atoms with E-state index in [1.54, 1.807) is 36.4 Å². The molecule has 0 aliphatic carbocycles. The molecule has 0 saturated carbocycles. The summed E-state index contributed by atoms with van der Waals surface area (Å²) in [7, 11) is -7.38. The lowest BCUT2D eigenvalue weighted by molar-refractivity contribution is -0.116. The lowest BCUT2D eigenvalue weighted by atomic mass is 10.2. The Kier molecular flexibility index (Phi) is 7.60. The minimum Gasteiger partial charge on any atom is -0.454 e. The van der Waals surface area contributed by atoms with Gasteiger partial charge in [-0.2, -0.15) is 0 Å². The number of nitrogens with zero attached hydrogens (tertiary/aromatic N) is 1. The predicted molar refractivity (Wildman–Crippen MR) is 141 cm³/mol. The summed E-state index contributed by atoms with van der Waals surface area (Å²) in [6.07, 6.45) is 1.42. The predicted octanol–water partition coefficient (Wildman–Crippen LogP) is 3.71. The molecule has 0 fully saturated rings. The van der Waals surface area contributed by atoms with E-state index in [4.69, 9.17) is 9.47 Å². The quantitative estimate of drug-likeness (QED) is 0.397. The molecule has 196 valence electrons. The summed E-state index contributed by atoms with van der Waals surface area (Å²) in [5.74, 6) is 0.678. The van der Waals surface area contributed by atoms with Crippen LogP contribution < -0.4 is 23.8 Å². The van der Waals surface area contributed by atoms with Crippen LogP contribution >= 0.6 is 0 Å². The number of nitrogens with one attached hydrogen (secondary N) is 2. The van der Waals surface area contributed by atoms with E-state index < -0.39 is 20.0 Å². The van der Waals surface area contributed by atoms with Crippen LogP contribution in [0.5, 0.6) is 11.5 Å². The van der Waals surface area contributed by atoms with Gasteiger partial charge in [0.15, 0.2) is 11.5 Å². The van der Waals surface area contributed by atoms with Gasteiger partial charge in [0.2, 0.25) is 22.7 Å². The van der Waals surface area contributed by atoms with Crippen molar-refractivity contribution in [2.75, 3.05) is 33.9 Å². The second-order valence-corrected chi connectivity index (χ2v) is 12.1. The van der Waals surface area contributed by atoms with Crippen molar-refractivity contribution in [3.8, 4) is 11.5 Å². The fraction of sp³-hybridized carbons (Fsp3) is 0.240. The normalized spacial score (nSPS) is 12.7. The highest BCUT2D eigenvalue weighted by molar-refractivity contribution is 7.92. The molecule has 10 nitrogen and oxygen atoms in total. The number of amides is 1. The zero-order chi connectivity index (χ0) is 26.6. The summed E-state index contributed by atoms with van der Waals surface area (Å²) in [6, 6.07) is 17.7. The molecule has 0 bridgehead atoms. The van der Waals surface area contributed by atoms with Gasteiger partial charge in [0, 0.05) is 30.4 Å². The van der Waals surface area contributed by atoms with Gasteiger partial charge in [0.1, 0.15) is 0 Å². The van der Waals surface area contributed by atoms with E-state index in [2.05, 4.69) is 10.0 Å². The van der Waals surface area contributed by atoms with Crippen molar-refractivity contribution >= 4 is 43.0 Å². The zero-order valence-corrected chi connectivity index (χ0v) is 21.9. The first kappa shape index (κ1) is 26.3. The fourth-order valence-corrected chi connectivity index (χ4v) is 5.78. The van der Waals surface area contributed by atoms with Gasteiger partial charge < -0.3 is 14.8 Å². The molecule has 0 aromatic heterocycles. The lowest BCUT2D eigenvalue weighted by Gasteiger charge is -2.22. The van der Waals surface area contributed by atoms with Crippen molar-refractivity contribution in [1.82, 2.24) is 0 Å². The summed E-state index contributed by atoms with van der Waals surface area (Å²) in [4.78, 5) is 12.5. The monoisotopic (exact) mass is 545 g/mol. The number of ether oxygens (including phenoxy) is 2. The van der Waals surface area contributed by atoms with E-state index in [1.165, 1.54) is 28.6 Å². The molecule has 4 rings (SSSR count). The first-order valence-electron chi connectivity index (χ1n) is 11.4. The summed E-state index contributed by atoms with van der Waals surface area (Å²) in [6.45, 7) is 2.03.